The van der Waals surface area contributed by atoms with E-state index in [0.717, 1.165) is 0 Å². The molecule has 2 aromatic rings. The molecule has 30 heavy (non-hydrogen) atoms. The number of allylic oxidation sites excluding steroid dienone is 1. The van der Waals surface area contributed by atoms with Gasteiger partial charge in [-0.3, -0.25) is 15.7 Å². The van der Waals surface area contributed by atoms with Crippen LogP contribution in [0.25, 0.3) is 5.57 Å². The summed E-state index contributed by atoms with van der Waals surface area (Å²) in [6.07, 6.45) is 3.33. The molecule has 0 radical (unpaired) electrons. The number of pyridine rings is 1. The van der Waals surface area contributed by atoms with Gasteiger partial charge in [0.1, 0.15) is 16.6 Å². The highest BCUT2D eigenvalue weighted by Gasteiger charge is 2.22. The second-order valence-electron chi connectivity index (χ2n) is 7.26. The highest BCUT2D eigenvalue weighted by molar-refractivity contribution is 6.30. The van der Waals surface area contributed by atoms with Gasteiger partial charge in [0.05, 0.1) is 11.4 Å². The normalized spacial score (nSPS) is 12.1. The van der Waals surface area contributed by atoms with E-state index in [9.17, 15) is 4.79 Å². The summed E-state index contributed by atoms with van der Waals surface area (Å²) in [5, 5.41) is 11.2. The fourth-order valence-corrected chi connectivity index (χ4v) is 2.74. The zero-order valence-electron chi connectivity index (χ0n) is 17.1. The number of nitrogens with zero attached hydrogens (tertiary/aromatic N) is 2. The number of anilines is 1. The van der Waals surface area contributed by atoms with Crippen LogP contribution in [0.15, 0.2) is 41.7 Å². The molecule has 0 spiro atoms. The molecule has 0 aliphatic heterocycles. The summed E-state index contributed by atoms with van der Waals surface area (Å²) in [4.78, 5) is 20.1. The Labute approximate surface area is 179 Å². The standard InChI is InChI=1S/C21H23ClFN5O2/c1-21(2,3)30-20(29)28-19-15(18(25)12-5-6-27-17(22)9-12)7-13(8-16(19)23)14(10-24)11-26-4/h5-11,25H,24H2,1-4H3,(H,28,29). The minimum Gasteiger partial charge on any atom is -0.444 e. The molecule has 0 saturated carbocycles. The molecular weight excluding hydrogens is 409 g/mol. The highest BCUT2D eigenvalue weighted by Crippen LogP contribution is 2.28. The lowest BCUT2D eigenvalue weighted by Gasteiger charge is -2.21. The average Bonchev–Trinajstić information content (AvgIpc) is 2.65. The number of halogens is 2. The topological polar surface area (TPSA) is 113 Å². The van der Waals surface area contributed by atoms with Crippen LogP contribution in [-0.2, 0) is 4.74 Å². The number of carbonyl (C=O) groups is 1. The fraction of sp³-hybridized carbons (Fsp3) is 0.238. The second kappa shape index (κ2) is 9.49. The summed E-state index contributed by atoms with van der Waals surface area (Å²) in [5.41, 5.74) is 5.93. The van der Waals surface area contributed by atoms with Crippen molar-refractivity contribution in [2.24, 2.45) is 10.7 Å². The molecule has 0 fully saturated rings. The Morgan fingerprint density at radius 3 is 2.60 bits per heavy atom. The molecular formula is C21H23ClFN5O2. The summed E-state index contributed by atoms with van der Waals surface area (Å²) in [5.74, 6) is -0.762. The van der Waals surface area contributed by atoms with Crippen LogP contribution in [0.3, 0.4) is 0 Å². The smallest absolute Gasteiger partial charge is 0.412 e. The highest BCUT2D eigenvalue weighted by atomic mass is 35.5. The number of amides is 1. The third-order valence-electron chi connectivity index (χ3n) is 3.78. The molecule has 158 valence electrons. The van der Waals surface area contributed by atoms with E-state index in [0.29, 0.717) is 16.7 Å². The minimum absolute atomic E-state index is 0.0732. The van der Waals surface area contributed by atoms with Gasteiger partial charge >= 0.3 is 6.09 Å². The van der Waals surface area contributed by atoms with Crippen molar-refractivity contribution >= 4 is 40.9 Å². The van der Waals surface area contributed by atoms with Crippen LogP contribution in [0.2, 0.25) is 5.15 Å². The lowest BCUT2D eigenvalue weighted by atomic mass is 9.96. The Morgan fingerprint density at radius 1 is 1.33 bits per heavy atom. The Hall–Kier alpha value is -3.26. The molecule has 9 heteroatoms. The van der Waals surface area contributed by atoms with Crippen molar-refractivity contribution < 1.29 is 13.9 Å². The number of rotatable bonds is 5. The number of hydrogen-bond acceptors (Lipinski definition) is 6. The predicted octanol–water partition coefficient (Wildman–Crippen LogP) is 4.64. The zero-order chi connectivity index (χ0) is 22.5. The van der Waals surface area contributed by atoms with Crippen LogP contribution in [0.1, 0.15) is 37.5 Å². The van der Waals surface area contributed by atoms with E-state index in [-0.39, 0.29) is 22.1 Å². The van der Waals surface area contributed by atoms with Gasteiger partial charge in [0.25, 0.3) is 0 Å². The zero-order valence-corrected chi connectivity index (χ0v) is 17.8. The number of ether oxygens (including phenoxy) is 1. The van der Waals surface area contributed by atoms with Gasteiger partial charge in [-0.05, 0) is 50.6 Å². The first-order valence-corrected chi connectivity index (χ1v) is 9.32. The second-order valence-corrected chi connectivity index (χ2v) is 7.65. The number of benzene rings is 1. The van der Waals surface area contributed by atoms with E-state index in [2.05, 4.69) is 15.3 Å². The van der Waals surface area contributed by atoms with Gasteiger partial charge in [-0.1, -0.05) is 11.6 Å². The van der Waals surface area contributed by atoms with E-state index in [1.807, 2.05) is 0 Å². The molecule has 4 N–H and O–H groups in total. The van der Waals surface area contributed by atoms with Crippen LogP contribution in [0.4, 0.5) is 14.9 Å². The number of nitrogens with one attached hydrogen (secondary N) is 2. The van der Waals surface area contributed by atoms with E-state index in [1.165, 1.54) is 36.8 Å². The Morgan fingerprint density at radius 2 is 2.03 bits per heavy atom. The van der Waals surface area contributed by atoms with Crippen LogP contribution in [0.5, 0.6) is 0 Å². The maximum atomic E-state index is 15.1. The summed E-state index contributed by atoms with van der Waals surface area (Å²) < 4.78 is 20.3. The third-order valence-corrected chi connectivity index (χ3v) is 3.99. The van der Waals surface area contributed by atoms with Crippen LogP contribution in [-0.4, -0.2) is 35.7 Å². The lowest BCUT2D eigenvalue weighted by molar-refractivity contribution is 0.0635. The minimum atomic E-state index is -0.847. The molecule has 1 aromatic carbocycles. The summed E-state index contributed by atoms with van der Waals surface area (Å²) in [6.45, 7) is 5.07. The van der Waals surface area contributed by atoms with Gasteiger partial charge in [0, 0.05) is 42.4 Å². The van der Waals surface area contributed by atoms with Gasteiger partial charge in [0.2, 0.25) is 0 Å². The van der Waals surface area contributed by atoms with Gasteiger partial charge in [-0.25, -0.2) is 14.2 Å². The number of aromatic nitrogens is 1. The van der Waals surface area contributed by atoms with Crippen molar-refractivity contribution in [2.45, 2.75) is 26.4 Å². The van der Waals surface area contributed by atoms with E-state index in [4.69, 9.17) is 27.5 Å². The van der Waals surface area contributed by atoms with Crippen molar-refractivity contribution in [3.63, 3.8) is 0 Å². The van der Waals surface area contributed by atoms with Crippen molar-refractivity contribution in [3.05, 3.63) is 64.3 Å². The lowest BCUT2D eigenvalue weighted by Crippen LogP contribution is -2.28. The molecule has 0 saturated heterocycles. The maximum Gasteiger partial charge on any atom is 0.412 e. The molecule has 1 aromatic heterocycles. The first-order valence-electron chi connectivity index (χ1n) is 8.94. The Bertz CT molecular complexity index is 1030. The maximum absolute atomic E-state index is 15.1. The van der Waals surface area contributed by atoms with E-state index < -0.39 is 17.5 Å². The molecule has 0 bridgehead atoms. The Kier molecular flexibility index (Phi) is 7.28. The third kappa shape index (κ3) is 5.87. The average molecular weight is 432 g/mol. The molecule has 0 aliphatic rings. The molecule has 0 unspecified atom stereocenters. The van der Waals surface area contributed by atoms with Gasteiger partial charge < -0.3 is 10.5 Å². The molecule has 7 nitrogen and oxygen atoms in total. The number of aliphatic imine (C=N–C) groups is 1. The molecule has 2 rings (SSSR count). The van der Waals surface area contributed by atoms with Gasteiger partial charge in [0.15, 0.2) is 0 Å². The molecule has 1 amide bonds. The van der Waals surface area contributed by atoms with Crippen molar-refractivity contribution in [1.82, 2.24) is 4.98 Å². The predicted molar refractivity (Wildman–Crippen MR) is 118 cm³/mol. The van der Waals surface area contributed by atoms with E-state index in [1.54, 1.807) is 33.9 Å². The summed E-state index contributed by atoms with van der Waals surface area (Å²) in [6, 6.07) is 5.76. The first-order chi connectivity index (χ1) is 14.1. The van der Waals surface area contributed by atoms with E-state index >= 15 is 4.39 Å². The number of nitrogens with two attached hydrogens (primary N) is 1. The number of hydrogen-bond donors (Lipinski definition) is 3. The first kappa shape index (κ1) is 23.0. The molecule has 0 aliphatic carbocycles. The van der Waals surface area contributed by atoms with Crippen LogP contribution >= 0.6 is 11.6 Å². The quantitative estimate of drug-likeness (QED) is 0.472. The summed E-state index contributed by atoms with van der Waals surface area (Å²) in [7, 11) is 1.56. The van der Waals surface area contributed by atoms with Crippen molar-refractivity contribution in [2.75, 3.05) is 12.4 Å². The molecule has 1 heterocycles. The number of carbonyl (C=O) groups excluding carboxylic acids is 1. The molecule has 0 atom stereocenters. The fourth-order valence-electron chi connectivity index (χ4n) is 2.57. The van der Waals surface area contributed by atoms with Crippen molar-refractivity contribution in [1.29, 1.82) is 5.41 Å². The summed E-state index contributed by atoms with van der Waals surface area (Å²) >= 11 is 5.94. The monoisotopic (exact) mass is 431 g/mol. The van der Waals surface area contributed by atoms with Gasteiger partial charge in [-0.15, -0.1) is 0 Å². The van der Waals surface area contributed by atoms with Crippen LogP contribution in [0, 0.1) is 11.2 Å². The van der Waals surface area contributed by atoms with Gasteiger partial charge in [-0.2, -0.15) is 0 Å². The largest absolute Gasteiger partial charge is 0.444 e. The Balaban J connectivity index is 2.62. The van der Waals surface area contributed by atoms with Crippen LogP contribution < -0.4 is 11.1 Å². The van der Waals surface area contributed by atoms with Crippen molar-refractivity contribution in [3.8, 4) is 0 Å². The SMILES string of the molecule is CN=CC(=CN)c1cc(F)c(NC(=O)OC(C)(C)C)c(C(=N)c2ccnc(Cl)c2)c1.